The van der Waals surface area contributed by atoms with Crippen LogP contribution in [0.5, 0.6) is 0 Å². The fourth-order valence-electron chi connectivity index (χ4n) is 3.13. The summed E-state index contributed by atoms with van der Waals surface area (Å²) in [4.78, 5) is 13.7. The van der Waals surface area contributed by atoms with Gasteiger partial charge < -0.3 is 10.2 Å². The molecule has 0 saturated carbocycles. The van der Waals surface area contributed by atoms with Crippen LogP contribution in [-0.4, -0.2) is 55.7 Å². The topological polar surface area (TPSA) is 93.6 Å². The Labute approximate surface area is 168 Å². The summed E-state index contributed by atoms with van der Waals surface area (Å²) in [6.45, 7) is 8.19. The van der Waals surface area contributed by atoms with Gasteiger partial charge in [0.05, 0.1) is 11.4 Å². The van der Waals surface area contributed by atoms with Crippen molar-refractivity contribution in [2.45, 2.75) is 51.3 Å². The second-order valence-corrected chi connectivity index (χ2v) is 9.45. The van der Waals surface area contributed by atoms with Gasteiger partial charge in [-0.2, -0.15) is 0 Å². The number of carbonyl (C=O) groups excluding carboxylic acids is 1. The minimum absolute atomic E-state index is 0.0365. The van der Waals surface area contributed by atoms with Gasteiger partial charge in [0.1, 0.15) is 0 Å². The number of guanidine groups is 1. The van der Waals surface area contributed by atoms with Crippen molar-refractivity contribution in [3.8, 4) is 0 Å². The third kappa shape index (κ3) is 5.70. The van der Waals surface area contributed by atoms with Crippen molar-refractivity contribution in [1.29, 1.82) is 5.41 Å². The largest absolute Gasteiger partial charge is 0.356 e. The molecule has 1 saturated heterocycles. The van der Waals surface area contributed by atoms with E-state index in [1.165, 1.54) is 4.31 Å². The molecule has 0 spiro atoms. The number of amides is 1. The molecule has 1 aromatic rings. The lowest BCUT2D eigenvalue weighted by Gasteiger charge is -2.21. The number of hydrogen-bond donors (Lipinski definition) is 2. The highest BCUT2D eigenvalue weighted by molar-refractivity contribution is 7.89. The number of nitrogens with one attached hydrogen (secondary N) is 2. The van der Waals surface area contributed by atoms with Crippen molar-refractivity contribution in [2.75, 3.05) is 26.2 Å². The van der Waals surface area contributed by atoms with E-state index in [-0.39, 0.29) is 16.8 Å². The molecule has 1 amide bonds. The number of hydrogen-bond acceptors (Lipinski definition) is 4. The molecule has 2 N–H and O–H groups in total. The molecule has 2 rings (SSSR count). The lowest BCUT2D eigenvalue weighted by molar-refractivity contribution is -0.121. The Morgan fingerprint density at radius 3 is 2.50 bits per heavy atom. The number of benzene rings is 1. The zero-order valence-corrected chi connectivity index (χ0v) is 17.9. The van der Waals surface area contributed by atoms with E-state index in [0.29, 0.717) is 44.9 Å². The molecule has 0 aromatic heterocycles. The standard InChI is InChI=1S/C20H32N4O3S/c1-4-5-12-23-13-14-24(20(23)21)28(26,27)18-8-6-17(7-9-18)10-11-22-19(25)15-16(2)3/h6-9,16,21H,4-5,10-15H2,1-3H3,(H,22,25). The minimum atomic E-state index is -3.71. The van der Waals surface area contributed by atoms with E-state index in [9.17, 15) is 13.2 Å². The van der Waals surface area contributed by atoms with Crippen LogP contribution in [0.2, 0.25) is 0 Å². The van der Waals surface area contributed by atoms with E-state index in [1.807, 2.05) is 18.7 Å². The molecule has 8 heteroatoms. The number of nitrogens with zero attached hydrogens (tertiary/aromatic N) is 2. The van der Waals surface area contributed by atoms with Crippen LogP contribution in [0.4, 0.5) is 0 Å². The van der Waals surface area contributed by atoms with E-state index < -0.39 is 10.0 Å². The monoisotopic (exact) mass is 408 g/mol. The highest BCUT2D eigenvalue weighted by Gasteiger charge is 2.34. The van der Waals surface area contributed by atoms with Gasteiger partial charge in [-0.05, 0) is 36.5 Å². The maximum Gasteiger partial charge on any atom is 0.266 e. The van der Waals surface area contributed by atoms with Crippen LogP contribution < -0.4 is 5.32 Å². The van der Waals surface area contributed by atoms with Gasteiger partial charge >= 0.3 is 0 Å². The molecule has 0 aliphatic carbocycles. The molecule has 0 radical (unpaired) electrons. The normalized spacial score (nSPS) is 14.8. The van der Waals surface area contributed by atoms with Crippen molar-refractivity contribution >= 4 is 21.9 Å². The van der Waals surface area contributed by atoms with Crippen LogP contribution in [0.15, 0.2) is 29.2 Å². The summed E-state index contributed by atoms with van der Waals surface area (Å²) >= 11 is 0. The van der Waals surface area contributed by atoms with Gasteiger partial charge in [0.2, 0.25) is 11.9 Å². The first-order valence-electron chi connectivity index (χ1n) is 9.97. The van der Waals surface area contributed by atoms with Gasteiger partial charge in [0, 0.05) is 26.1 Å². The quantitative estimate of drug-likeness (QED) is 0.622. The molecule has 1 aliphatic heterocycles. The predicted molar refractivity (Wildman–Crippen MR) is 111 cm³/mol. The van der Waals surface area contributed by atoms with Crippen LogP contribution in [0, 0.1) is 11.3 Å². The summed E-state index contributed by atoms with van der Waals surface area (Å²) in [5.74, 6) is 0.423. The van der Waals surface area contributed by atoms with Gasteiger partial charge in [-0.25, -0.2) is 12.7 Å². The third-order valence-electron chi connectivity index (χ3n) is 4.73. The molecule has 0 atom stereocenters. The van der Waals surface area contributed by atoms with Crippen molar-refractivity contribution in [1.82, 2.24) is 14.5 Å². The SMILES string of the molecule is CCCCN1CCN(S(=O)(=O)c2ccc(CCNC(=O)CC(C)C)cc2)C1=N. The number of sulfonamides is 1. The fraction of sp³-hybridized carbons (Fsp3) is 0.600. The van der Waals surface area contributed by atoms with Gasteiger partial charge in [-0.3, -0.25) is 10.2 Å². The van der Waals surface area contributed by atoms with Crippen molar-refractivity contribution in [2.24, 2.45) is 5.92 Å². The first kappa shape index (κ1) is 22.2. The molecule has 156 valence electrons. The smallest absolute Gasteiger partial charge is 0.266 e. The Bertz CT molecular complexity index is 775. The lowest BCUT2D eigenvalue weighted by atomic mass is 10.1. The molecule has 1 fully saturated rings. The van der Waals surface area contributed by atoms with Gasteiger partial charge in [0.25, 0.3) is 10.0 Å². The number of carbonyl (C=O) groups is 1. The van der Waals surface area contributed by atoms with Crippen LogP contribution in [0.25, 0.3) is 0 Å². The van der Waals surface area contributed by atoms with E-state index in [2.05, 4.69) is 12.2 Å². The molecule has 28 heavy (non-hydrogen) atoms. The maximum absolute atomic E-state index is 12.9. The summed E-state index contributed by atoms with van der Waals surface area (Å²) < 4.78 is 27.0. The Balaban J connectivity index is 1.94. The summed E-state index contributed by atoms with van der Waals surface area (Å²) in [5, 5.41) is 11.1. The maximum atomic E-state index is 12.9. The minimum Gasteiger partial charge on any atom is -0.356 e. The summed E-state index contributed by atoms with van der Waals surface area (Å²) in [5.41, 5.74) is 0.963. The summed E-state index contributed by atoms with van der Waals surface area (Å²) in [6, 6.07) is 6.72. The number of unbranched alkanes of at least 4 members (excludes halogenated alkanes) is 1. The molecule has 0 unspecified atom stereocenters. The second-order valence-electron chi connectivity index (χ2n) is 7.58. The van der Waals surface area contributed by atoms with E-state index in [1.54, 1.807) is 24.3 Å². The van der Waals surface area contributed by atoms with Crippen molar-refractivity contribution in [3.63, 3.8) is 0 Å². The number of rotatable bonds is 10. The molecule has 1 heterocycles. The summed E-state index contributed by atoms with van der Waals surface area (Å²) in [6.07, 6.45) is 3.11. The highest BCUT2D eigenvalue weighted by atomic mass is 32.2. The van der Waals surface area contributed by atoms with Gasteiger partial charge in [-0.15, -0.1) is 0 Å². The second kappa shape index (κ2) is 9.91. The Morgan fingerprint density at radius 2 is 1.89 bits per heavy atom. The Hall–Kier alpha value is -2.09. The average Bonchev–Trinajstić information content (AvgIpc) is 3.01. The van der Waals surface area contributed by atoms with Gasteiger partial charge in [-0.1, -0.05) is 39.3 Å². The Kier molecular flexibility index (Phi) is 7.86. The Morgan fingerprint density at radius 1 is 1.21 bits per heavy atom. The zero-order valence-electron chi connectivity index (χ0n) is 17.1. The lowest BCUT2D eigenvalue weighted by Crippen LogP contribution is -2.37. The van der Waals surface area contributed by atoms with Crippen molar-refractivity contribution < 1.29 is 13.2 Å². The molecular weight excluding hydrogens is 376 g/mol. The third-order valence-corrected chi connectivity index (χ3v) is 6.53. The van der Waals surface area contributed by atoms with E-state index in [4.69, 9.17) is 5.41 Å². The fourth-order valence-corrected chi connectivity index (χ4v) is 4.53. The summed E-state index contributed by atoms with van der Waals surface area (Å²) in [7, 11) is -3.71. The molecule has 1 aliphatic rings. The van der Waals surface area contributed by atoms with E-state index >= 15 is 0 Å². The molecule has 7 nitrogen and oxygen atoms in total. The first-order valence-corrected chi connectivity index (χ1v) is 11.4. The van der Waals surface area contributed by atoms with Gasteiger partial charge in [0.15, 0.2) is 0 Å². The zero-order chi connectivity index (χ0) is 20.7. The van der Waals surface area contributed by atoms with Crippen LogP contribution >= 0.6 is 0 Å². The molecular formula is C20H32N4O3S. The first-order chi connectivity index (χ1) is 13.3. The molecule has 1 aromatic carbocycles. The van der Waals surface area contributed by atoms with Crippen LogP contribution in [0.1, 0.15) is 45.6 Å². The van der Waals surface area contributed by atoms with Crippen LogP contribution in [0.3, 0.4) is 0 Å². The van der Waals surface area contributed by atoms with Crippen molar-refractivity contribution in [3.05, 3.63) is 29.8 Å². The van der Waals surface area contributed by atoms with E-state index in [0.717, 1.165) is 18.4 Å². The average molecular weight is 409 g/mol. The molecule has 0 bridgehead atoms. The van der Waals surface area contributed by atoms with Crippen LogP contribution in [-0.2, 0) is 21.2 Å². The predicted octanol–water partition coefficient (Wildman–Crippen LogP) is 2.43. The highest BCUT2D eigenvalue weighted by Crippen LogP contribution is 2.21.